The van der Waals surface area contributed by atoms with Gasteiger partial charge in [0.1, 0.15) is 11.5 Å². The van der Waals surface area contributed by atoms with Crippen molar-refractivity contribution < 1.29 is 23.1 Å². The van der Waals surface area contributed by atoms with Crippen LogP contribution in [0.3, 0.4) is 0 Å². The van der Waals surface area contributed by atoms with E-state index < -0.39 is 17.3 Å². The van der Waals surface area contributed by atoms with Gasteiger partial charge < -0.3 is 15.0 Å². The fraction of sp³-hybridized carbons (Fsp3) is 0.385. The van der Waals surface area contributed by atoms with Crippen LogP contribution < -0.4 is 5.56 Å². The summed E-state index contributed by atoms with van der Waals surface area (Å²) < 4.78 is 40.5. The van der Waals surface area contributed by atoms with E-state index in [0.29, 0.717) is 12.8 Å². The number of phenols is 1. The third-order valence-corrected chi connectivity index (χ3v) is 7.66. The third kappa shape index (κ3) is 6.25. The molecule has 0 radical (unpaired) electrons. The van der Waals surface area contributed by atoms with E-state index in [4.69, 9.17) is 11.6 Å². The van der Waals surface area contributed by atoms with E-state index in [1.165, 1.54) is 43.5 Å². The molecule has 3 aromatic rings. The minimum absolute atomic E-state index is 0.0120. The van der Waals surface area contributed by atoms with Crippen LogP contribution in [-0.4, -0.2) is 46.2 Å². The van der Waals surface area contributed by atoms with Crippen molar-refractivity contribution in [3.8, 4) is 16.9 Å². The Morgan fingerprint density at radius 1 is 1.11 bits per heavy atom. The number of aromatic amines is 1. The Morgan fingerprint density at radius 3 is 2.58 bits per heavy atom. The summed E-state index contributed by atoms with van der Waals surface area (Å²) in [7, 11) is 0. The van der Waals surface area contributed by atoms with Crippen molar-refractivity contribution in [3.63, 3.8) is 0 Å². The number of hydrogen-bond donors (Lipinski definition) is 2. The van der Waals surface area contributed by atoms with Crippen LogP contribution in [0.25, 0.3) is 22.0 Å². The molecule has 10 heteroatoms. The molecule has 36 heavy (non-hydrogen) atoms. The van der Waals surface area contributed by atoms with E-state index in [9.17, 15) is 27.9 Å². The molecule has 1 aliphatic heterocycles. The number of pyridine rings is 1. The standard InChI is InChI=1S/C26H26ClF3N2O3S/c27-17-7-9-22(34)20(14-17)23-19-13-16(26(28,29)30)6-8-21(19)31-25(35)24(23)36-15-18(33)5-4-12-32-10-2-1-3-11-32/h6-9,13-14,34H,1-5,10-12,15H2,(H,31,35). The second-order valence-electron chi connectivity index (χ2n) is 8.91. The maximum Gasteiger partial charge on any atom is 0.416 e. The van der Waals surface area contributed by atoms with E-state index >= 15 is 0 Å². The summed E-state index contributed by atoms with van der Waals surface area (Å²) in [6.07, 6.45) is 0.0414. The third-order valence-electron chi connectivity index (χ3n) is 6.28. The lowest BCUT2D eigenvalue weighted by molar-refractivity contribution is -0.137. The van der Waals surface area contributed by atoms with Crippen LogP contribution in [0.5, 0.6) is 5.75 Å². The molecule has 5 nitrogen and oxygen atoms in total. The summed E-state index contributed by atoms with van der Waals surface area (Å²) in [5.41, 5.74) is -1.03. The first-order valence-electron chi connectivity index (χ1n) is 11.8. The number of carbonyl (C=O) groups is 1. The number of halogens is 4. The maximum absolute atomic E-state index is 13.5. The SMILES string of the molecule is O=C(CCCN1CCCCC1)CSc1c(-c2cc(Cl)ccc2O)c2cc(C(F)(F)F)ccc2[nH]c1=O. The molecule has 0 amide bonds. The number of H-pyrrole nitrogens is 1. The van der Waals surface area contributed by atoms with E-state index in [-0.39, 0.29) is 49.2 Å². The average molecular weight is 539 g/mol. The van der Waals surface area contributed by atoms with Gasteiger partial charge in [0.15, 0.2) is 0 Å². The highest BCUT2D eigenvalue weighted by Crippen LogP contribution is 2.42. The minimum Gasteiger partial charge on any atom is -0.507 e. The number of nitrogens with one attached hydrogen (secondary N) is 1. The highest BCUT2D eigenvalue weighted by Gasteiger charge is 2.31. The number of aromatic nitrogens is 1. The first kappa shape index (κ1) is 26.6. The molecular formula is C26H26ClF3N2O3S. The number of nitrogens with zero attached hydrogens (tertiary/aromatic N) is 1. The fourth-order valence-corrected chi connectivity index (χ4v) is 5.64. The Bertz CT molecular complexity index is 1320. The number of aromatic hydroxyl groups is 1. The van der Waals surface area contributed by atoms with E-state index in [1.54, 1.807) is 0 Å². The van der Waals surface area contributed by atoms with Gasteiger partial charge in [0.2, 0.25) is 0 Å². The van der Waals surface area contributed by atoms with Gasteiger partial charge in [-0.15, -0.1) is 11.8 Å². The van der Waals surface area contributed by atoms with Gasteiger partial charge in [0, 0.05) is 33.5 Å². The van der Waals surface area contributed by atoms with E-state index in [1.807, 2.05) is 0 Å². The second kappa shape index (κ2) is 11.3. The maximum atomic E-state index is 13.5. The number of phenolic OH excluding ortho intramolecular Hbond substituents is 1. The lowest BCUT2D eigenvalue weighted by Crippen LogP contribution is -2.30. The Labute approximate surface area is 215 Å². The van der Waals surface area contributed by atoms with Crippen molar-refractivity contribution in [1.82, 2.24) is 9.88 Å². The number of thioether (sulfide) groups is 1. The van der Waals surface area contributed by atoms with Crippen LogP contribution in [0.2, 0.25) is 5.02 Å². The summed E-state index contributed by atoms with van der Waals surface area (Å²) in [6, 6.07) is 7.17. The molecule has 0 atom stereocenters. The number of Topliss-reactive ketones (excluding diaryl/α,β-unsaturated/α-hetero) is 1. The van der Waals surface area contributed by atoms with Crippen LogP contribution in [0.4, 0.5) is 13.2 Å². The normalized spacial score (nSPS) is 14.9. The molecule has 2 heterocycles. The fourth-order valence-electron chi connectivity index (χ4n) is 4.47. The zero-order valence-corrected chi connectivity index (χ0v) is 21.0. The van der Waals surface area contributed by atoms with Gasteiger partial charge in [-0.3, -0.25) is 9.59 Å². The minimum atomic E-state index is -4.60. The predicted octanol–water partition coefficient (Wildman–Crippen LogP) is 6.50. The van der Waals surface area contributed by atoms with Gasteiger partial charge in [0.25, 0.3) is 5.56 Å². The monoisotopic (exact) mass is 538 g/mol. The number of likely N-dealkylation sites (tertiary alicyclic amines) is 1. The smallest absolute Gasteiger partial charge is 0.416 e. The highest BCUT2D eigenvalue weighted by atomic mass is 35.5. The summed E-state index contributed by atoms with van der Waals surface area (Å²) in [5.74, 6) is -0.303. The number of hydrogen-bond acceptors (Lipinski definition) is 5. The summed E-state index contributed by atoms with van der Waals surface area (Å²) in [6.45, 7) is 2.93. The summed E-state index contributed by atoms with van der Waals surface area (Å²) in [5, 5.41) is 10.9. The molecule has 0 spiro atoms. The topological polar surface area (TPSA) is 73.4 Å². The van der Waals surface area contributed by atoms with E-state index in [0.717, 1.165) is 43.5 Å². The van der Waals surface area contributed by atoms with Crippen LogP contribution in [0.15, 0.2) is 46.1 Å². The number of benzene rings is 2. The molecule has 0 aliphatic carbocycles. The first-order valence-corrected chi connectivity index (χ1v) is 13.1. The molecule has 1 aliphatic rings. The molecule has 2 N–H and O–H groups in total. The Balaban J connectivity index is 1.66. The molecule has 0 saturated carbocycles. The van der Waals surface area contributed by atoms with Gasteiger partial charge in [-0.1, -0.05) is 18.0 Å². The van der Waals surface area contributed by atoms with Gasteiger partial charge in [-0.05, 0) is 75.3 Å². The largest absolute Gasteiger partial charge is 0.507 e. The number of rotatable bonds is 8. The van der Waals surface area contributed by atoms with Crippen LogP contribution in [-0.2, 0) is 11.0 Å². The van der Waals surface area contributed by atoms with Gasteiger partial charge in [-0.2, -0.15) is 13.2 Å². The molecule has 4 rings (SSSR count). The molecule has 192 valence electrons. The summed E-state index contributed by atoms with van der Waals surface area (Å²) >= 11 is 7.08. The average Bonchev–Trinajstić information content (AvgIpc) is 2.84. The number of fused-ring (bicyclic) bond motifs is 1. The van der Waals surface area contributed by atoms with Crippen molar-refractivity contribution in [2.45, 2.75) is 43.2 Å². The molecular weight excluding hydrogens is 513 g/mol. The Hall–Kier alpha value is -2.49. The summed E-state index contributed by atoms with van der Waals surface area (Å²) in [4.78, 5) is 30.6. The van der Waals surface area contributed by atoms with Crippen molar-refractivity contribution in [2.24, 2.45) is 0 Å². The van der Waals surface area contributed by atoms with Crippen molar-refractivity contribution >= 4 is 40.0 Å². The highest BCUT2D eigenvalue weighted by molar-refractivity contribution is 8.00. The number of ketones is 1. The molecule has 2 aromatic carbocycles. The molecule has 1 saturated heterocycles. The van der Waals surface area contributed by atoms with Crippen molar-refractivity contribution in [2.75, 3.05) is 25.4 Å². The van der Waals surface area contributed by atoms with Gasteiger partial charge in [0.05, 0.1) is 16.2 Å². The lowest BCUT2D eigenvalue weighted by Gasteiger charge is -2.26. The number of alkyl halides is 3. The first-order chi connectivity index (χ1) is 17.1. The quantitative estimate of drug-likeness (QED) is 0.320. The Kier molecular flexibility index (Phi) is 8.32. The van der Waals surface area contributed by atoms with Gasteiger partial charge in [-0.25, -0.2) is 0 Å². The van der Waals surface area contributed by atoms with Crippen molar-refractivity contribution in [3.05, 3.63) is 57.3 Å². The van der Waals surface area contributed by atoms with Crippen LogP contribution in [0, 0.1) is 0 Å². The lowest BCUT2D eigenvalue weighted by atomic mass is 9.98. The molecule has 0 unspecified atom stereocenters. The zero-order chi connectivity index (χ0) is 25.9. The Morgan fingerprint density at radius 2 is 1.86 bits per heavy atom. The number of carbonyl (C=O) groups excluding carboxylic acids is 1. The number of piperidine rings is 1. The molecule has 1 fully saturated rings. The predicted molar refractivity (Wildman–Crippen MR) is 137 cm³/mol. The second-order valence-corrected chi connectivity index (χ2v) is 10.3. The molecule has 1 aromatic heterocycles. The van der Waals surface area contributed by atoms with Crippen LogP contribution in [0.1, 0.15) is 37.7 Å². The van der Waals surface area contributed by atoms with E-state index in [2.05, 4.69) is 9.88 Å². The van der Waals surface area contributed by atoms with Gasteiger partial charge >= 0.3 is 6.18 Å². The molecule has 0 bridgehead atoms. The van der Waals surface area contributed by atoms with Crippen LogP contribution >= 0.6 is 23.4 Å². The van der Waals surface area contributed by atoms with Crippen molar-refractivity contribution in [1.29, 1.82) is 0 Å². The zero-order valence-electron chi connectivity index (χ0n) is 19.5.